The summed E-state index contributed by atoms with van der Waals surface area (Å²) in [6, 6.07) is 46.0. The summed E-state index contributed by atoms with van der Waals surface area (Å²) in [5.74, 6) is 0. The smallest absolute Gasteiger partial charge is 0.202 e. The van der Waals surface area contributed by atoms with E-state index < -0.39 is 0 Å². The van der Waals surface area contributed by atoms with E-state index in [9.17, 15) is 5.26 Å². The van der Waals surface area contributed by atoms with E-state index in [0.29, 0.717) is 10.8 Å². The van der Waals surface area contributed by atoms with Crippen molar-refractivity contribution in [2.24, 2.45) is 0 Å². The summed E-state index contributed by atoms with van der Waals surface area (Å²) in [5.41, 5.74) is 6.07. The van der Waals surface area contributed by atoms with Crippen LogP contribution in [0.2, 0.25) is 0 Å². The highest BCUT2D eigenvalue weighted by Gasteiger charge is 2.25. The standard InChI is InChI=1S/C44H21N5/c1-46-41-34-22-35-38(24-33(34)36(25-45)42(47-2)43(41)48-3)49-37(27-16-8-5-9-17-27)23-32(26-14-6-4-7-15-26)44(49)40-31-21-13-11-19-29(31)28-18-10-12-20-30(28)39(35)40/h4-24H. The molecule has 0 aliphatic rings. The lowest BCUT2D eigenvalue weighted by molar-refractivity contribution is 1.29. The Bertz CT molecular complexity index is 3070. The summed E-state index contributed by atoms with van der Waals surface area (Å²) in [5, 5.41) is 18.9. The van der Waals surface area contributed by atoms with E-state index in [4.69, 9.17) is 19.7 Å². The zero-order valence-electron chi connectivity index (χ0n) is 25.9. The number of aromatic nitrogens is 1. The van der Waals surface area contributed by atoms with Gasteiger partial charge >= 0.3 is 0 Å². The summed E-state index contributed by atoms with van der Waals surface area (Å²) in [6.45, 7) is 24.0. The largest absolute Gasteiger partial charge is 0.308 e. The second kappa shape index (κ2) is 10.6. The minimum Gasteiger partial charge on any atom is -0.308 e. The number of nitriles is 1. The van der Waals surface area contributed by atoms with Crippen LogP contribution < -0.4 is 0 Å². The lowest BCUT2D eigenvalue weighted by atomic mass is 9.89. The molecule has 2 aromatic heterocycles. The normalized spacial score (nSPS) is 11.2. The molecule has 9 aromatic rings. The van der Waals surface area contributed by atoms with Gasteiger partial charge < -0.3 is 4.40 Å². The van der Waals surface area contributed by atoms with Crippen LogP contribution in [-0.2, 0) is 0 Å². The van der Waals surface area contributed by atoms with E-state index >= 15 is 0 Å². The monoisotopic (exact) mass is 619 g/mol. The van der Waals surface area contributed by atoms with Crippen LogP contribution in [0.5, 0.6) is 0 Å². The van der Waals surface area contributed by atoms with Gasteiger partial charge in [-0.25, -0.2) is 0 Å². The maximum absolute atomic E-state index is 10.5. The van der Waals surface area contributed by atoms with Gasteiger partial charge in [-0.15, -0.1) is 0 Å². The van der Waals surface area contributed by atoms with Gasteiger partial charge in [0.05, 0.1) is 48.1 Å². The molecule has 0 aliphatic carbocycles. The van der Waals surface area contributed by atoms with Crippen molar-refractivity contribution in [1.29, 1.82) is 5.26 Å². The summed E-state index contributed by atoms with van der Waals surface area (Å²) in [6.07, 6.45) is 0. The molecule has 49 heavy (non-hydrogen) atoms. The summed E-state index contributed by atoms with van der Waals surface area (Å²) >= 11 is 0. The molecule has 0 unspecified atom stereocenters. The molecule has 5 nitrogen and oxygen atoms in total. The van der Waals surface area contributed by atoms with Crippen LogP contribution in [0.15, 0.2) is 127 Å². The summed E-state index contributed by atoms with van der Waals surface area (Å²) < 4.78 is 2.29. The van der Waals surface area contributed by atoms with Crippen LogP contribution in [0.25, 0.3) is 96.4 Å². The van der Waals surface area contributed by atoms with Gasteiger partial charge in [0.25, 0.3) is 0 Å². The van der Waals surface area contributed by atoms with E-state index in [2.05, 4.69) is 116 Å². The first kappa shape index (κ1) is 27.8. The van der Waals surface area contributed by atoms with Crippen molar-refractivity contribution in [3.05, 3.63) is 167 Å². The van der Waals surface area contributed by atoms with Crippen molar-refractivity contribution in [3.63, 3.8) is 0 Å². The maximum atomic E-state index is 10.5. The Labute approximate surface area is 281 Å². The summed E-state index contributed by atoms with van der Waals surface area (Å²) in [7, 11) is 0. The Hall–Kier alpha value is -7.44. The predicted octanol–water partition coefficient (Wildman–Crippen LogP) is 12.6. The highest BCUT2D eigenvalue weighted by molar-refractivity contribution is 6.37. The number of rotatable bonds is 2. The van der Waals surface area contributed by atoms with E-state index in [1.54, 1.807) is 0 Å². The van der Waals surface area contributed by atoms with E-state index in [0.717, 1.165) is 71.1 Å². The summed E-state index contributed by atoms with van der Waals surface area (Å²) in [4.78, 5) is 11.0. The lowest BCUT2D eigenvalue weighted by Gasteiger charge is -2.19. The van der Waals surface area contributed by atoms with Gasteiger partial charge in [-0.1, -0.05) is 115 Å². The van der Waals surface area contributed by atoms with Crippen LogP contribution in [0.3, 0.4) is 0 Å². The van der Waals surface area contributed by atoms with Gasteiger partial charge in [0.15, 0.2) is 5.69 Å². The fourth-order valence-corrected chi connectivity index (χ4v) is 7.64. The molecule has 0 N–H and O–H groups in total. The van der Waals surface area contributed by atoms with Crippen LogP contribution in [0.1, 0.15) is 5.56 Å². The first-order valence-electron chi connectivity index (χ1n) is 15.7. The molecule has 0 atom stereocenters. The molecule has 0 amide bonds. The van der Waals surface area contributed by atoms with E-state index in [-0.39, 0.29) is 22.6 Å². The van der Waals surface area contributed by atoms with Gasteiger partial charge in [-0.3, -0.25) is 14.5 Å². The molecule has 0 spiro atoms. The highest BCUT2D eigenvalue weighted by Crippen LogP contribution is 2.51. The molecule has 2 heterocycles. The molecular formula is C44H21N5. The Balaban J connectivity index is 1.69. The molecular weight excluding hydrogens is 599 g/mol. The molecule has 0 bridgehead atoms. The molecule has 7 aromatic carbocycles. The third-order valence-electron chi connectivity index (χ3n) is 9.63. The van der Waals surface area contributed by atoms with Crippen molar-refractivity contribution in [3.8, 4) is 28.5 Å². The van der Waals surface area contributed by atoms with Crippen LogP contribution in [0, 0.1) is 31.0 Å². The number of hydrogen-bond acceptors (Lipinski definition) is 1. The molecule has 0 fully saturated rings. The number of benzene rings is 7. The number of hydrogen-bond donors (Lipinski definition) is 0. The van der Waals surface area contributed by atoms with Crippen molar-refractivity contribution in [2.45, 2.75) is 0 Å². The highest BCUT2D eigenvalue weighted by atomic mass is 14.9. The number of fused-ring (bicyclic) bond motifs is 12. The third kappa shape index (κ3) is 3.77. The fraction of sp³-hybridized carbons (Fsp3) is 0. The first-order valence-corrected chi connectivity index (χ1v) is 15.7. The lowest BCUT2D eigenvalue weighted by Crippen LogP contribution is -1.97. The molecule has 0 saturated carbocycles. The Morgan fingerprint density at radius 3 is 1.63 bits per heavy atom. The second-order valence-electron chi connectivity index (χ2n) is 12.0. The van der Waals surface area contributed by atoms with Crippen LogP contribution >= 0.6 is 0 Å². The zero-order chi connectivity index (χ0) is 33.2. The van der Waals surface area contributed by atoms with Gasteiger partial charge in [0.2, 0.25) is 11.4 Å². The molecule has 0 aliphatic heterocycles. The average molecular weight is 620 g/mol. The molecule has 9 rings (SSSR count). The Morgan fingerprint density at radius 1 is 0.490 bits per heavy atom. The van der Waals surface area contributed by atoms with Crippen molar-refractivity contribution < 1.29 is 0 Å². The van der Waals surface area contributed by atoms with Crippen molar-refractivity contribution in [2.75, 3.05) is 0 Å². The van der Waals surface area contributed by atoms with Gasteiger partial charge in [0, 0.05) is 21.7 Å². The van der Waals surface area contributed by atoms with Crippen LogP contribution in [-0.4, -0.2) is 4.40 Å². The van der Waals surface area contributed by atoms with Crippen molar-refractivity contribution in [1.82, 2.24) is 4.40 Å². The van der Waals surface area contributed by atoms with Crippen molar-refractivity contribution >= 4 is 76.6 Å². The topological polar surface area (TPSA) is 41.3 Å². The molecule has 0 radical (unpaired) electrons. The fourth-order valence-electron chi connectivity index (χ4n) is 7.64. The second-order valence-corrected chi connectivity index (χ2v) is 12.0. The van der Waals surface area contributed by atoms with Gasteiger partial charge in [-0.05, 0) is 55.6 Å². The molecule has 0 saturated heterocycles. The maximum Gasteiger partial charge on any atom is 0.202 e. The minimum atomic E-state index is -0.0791. The van der Waals surface area contributed by atoms with E-state index in [1.165, 1.54) is 0 Å². The Morgan fingerprint density at radius 2 is 1.04 bits per heavy atom. The molecule has 222 valence electrons. The van der Waals surface area contributed by atoms with Gasteiger partial charge in [0.1, 0.15) is 0 Å². The Kier molecular flexibility index (Phi) is 5.99. The average Bonchev–Trinajstić information content (AvgIpc) is 3.57. The minimum absolute atomic E-state index is 0.0774. The van der Waals surface area contributed by atoms with E-state index in [1.807, 2.05) is 36.4 Å². The van der Waals surface area contributed by atoms with Crippen LogP contribution in [0.4, 0.5) is 17.1 Å². The number of nitrogens with zero attached hydrogens (tertiary/aromatic N) is 5. The first-order chi connectivity index (χ1) is 24.2. The third-order valence-corrected chi connectivity index (χ3v) is 9.63. The van der Waals surface area contributed by atoms with Gasteiger partial charge in [-0.2, -0.15) is 5.26 Å². The number of pyridine rings is 1. The zero-order valence-corrected chi connectivity index (χ0v) is 25.9. The predicted molar refractivity (Wildman–Crippen MR) is 199 cm³/mol. The quantitative estimate of drug-likeness (QED) is 0.108. The molecule has 5 heteroatoms. The SMILES string of the molecule is [C-]#[N+]c1c([N+]#[C-])c([N+]#[C-])c2cc3c4c5ccccc5c5ccccc5c4c4c(-c5ccccc5)cc(-c5ccccc5)n4c3cc2c1C#N.